The molecule has 0 radical (unpaired) electrons. The molecular weight excluding hydrogens is 252 g/mol. The first-order valence-corrected chi connectivity index (χ1v) is 8.41. The Morgan fingerprint density at radius 2 is 2.12 bits per heavy atom. The smallest absolute Gasteiger partial charge is 0.230 e. The van der Waals surface area contributed by atoms with E-state index in [1.54, 1.807) is 23.5 Å². The van der Waals surface area contributed by atoms with E-state index in [1.165, 1.54) is 25.7 Å². The maximum atomic E-state index is 11.8. The van der Waals surface area contributed by atoms with Gasteiger partial charge in [0.2, 0.25) is 5.91 Å². The molecule has 17 heavy (non-hydrogen) atoms. The Hall–Kier alpha value is -0.160. The molecule has 1 N–H and O–H groups in total. The van der Waals surface area contributed by atoms with Crippen LogP contribution >= 0.6 is 23.5 Å². The Morgan fingerprint density at radius 1 is 1.35 bits per heavy atom. The fourth-order valence-electron chi connectivity index (χ4n) is 2.22. The maximum absolute atomic E-state index is 11.8. The van der Waals surface area contributed by atoms with Gasteiger partial charge in [-0.15, -0.1) is 0 Å². The number of hydrogen-bond donors (Lipinski definition) is 1. The summed E-state index contributed by atoms with van der Waals surface area (Å²) in [5.74, 6) is 1.78. The lowest BCUT2D eigenvalue weighted by Crippen LogP contribution is -2.35. The van der Waals surface area contributed by atoms with Gasteiger partial charge in [0, 0.05) is 11.8 Å². The normalized spacial score (nSPS) is 22.0. The summed E-state index contributed by atoms with van der Waals surface area (Å²) in [5, 5.41) is 3.16. The highest BCUT2D eigenvalue weighted by atomic mass is 32.2. The van der Waals surface area contributed by atoms with Crippen molar-refractivity contribution in [3.63, 3.8) is 0 Å². The molecule has 1 amide bonds. The average Bonchev–Trinajstić information content (AvgIpc) is 2.72. The Labute approximate surface area is 112 Å². The van der Waals surface area contributed by atoms with Crippen LogP contribution in [0, 0.1) is 0 Å². The molecule has 0 atom stereocenters. The van der Waals surface area contributed by atoms with E-state index in [4.69, 9.17) is 0 Å². The molecular formula is C12H20N2OS2. The second kappa shape index (κ2) is 7.31. The maximum Gasteiger partial charge on any atom is 0.230 e. The first-order valence-electron chi connectivity index (χ1n) is 6.44. The molecule has 2 aliphatic rings. The van der Waals surface area contributed by atoms with E-state index >= 15 is 0 Å². The van der Waals surface area contributed by atoms with E-state index in [9.17, 15) is 4.79 Å². The zero-order valence-electron chi connectivity index (χ0n) is 10.1. The molecule has 0 spiro atoms. The van der Waals surface area contributed by atoms with Crippen LogP contribution in [-0.2, 0) is 4.79 Å². The molecule has 1 aliphatic heterocycles. The molecule has 5 heteroatoms. The minimum Gasteiger partial charge on any atom is -0.353 e. The lowest BCUT2D eigenvalue weighted by atomic mass is 10.1. The second-order valence-corrected chi connectivity index (χ2v) is 6.85. The minimum absolute atomic E-state index is 0.178. The quantitative estimate of drug-likeness (QED) is 0.803. The molecule has 0 saturated heterocycles. The molecule has 1 heterocycles. The molecule has 1 fully saturated rings. The van der Waals surface area contributed by atoms with Crippen LogP contribution in [0.15, 0.2) is 4.99 Å². The van der Waals surface area contributed by atoms with Crippen LogP contribution in [0.1, 0.15) is 38.5 Å². The molecule has 96 valence electrons. The topological polar surface area (TPSA) is 41.5 Å². The van der Waals surface area contributed by atoms with Crippen LogP contribution < -0.4 is 5.32 Å². The number of nitrogens with zero attached hydrogens (tertiary/aromatic N) is 1. The summed E-state index contributed by atoms with van der Waals surface area (Å²) in [6.45, 7) is 0.914. The van der Waals surface area contributed by atoms with Crippen molar-refractivity contribution >= 4 is 33.8 Å². The molecule has 0 aromatic carbocycles. The zero-order chi connectivity index (χ0) is 11.9. The molecule has 1 saturated carbocycles. The van der Waals surface area contributed by atoms with Crippen molar-refractivity contribution in [3.8, 4) is 0 Å². The van der Waals surface area contributed by atoms with Crippen molar-refractivity contribution in [3.05, 3.63) is 0 Å². The van der Waals surface area contributed by atoms with Gasteiger partial charge in [0.1, 0.15) is 4.38 Å². The first kappa shape index (κ1) is 13.3. The lowest BCUT2D eigenvalue weighted by molar-refractivity contribution is -0.119. The van der Waals surface area contributed by atoms with E-state index in [0.29, 0.717) is 11.8 Å². The predicted molar refractivity (Wildman–Crippen MR) is 76.9 cm³/mol. The third-order valence-electron chi connectivity index (χ3n) is 3.10. The Morgan fingerprint density at radius 3 is 2.76 bits per heavy atom. The van der Waals surface area contributed by atoms with Gasteiger partial charge in [0.05, 0.1) is 12.3 Å². The monoisotopic (exact) mass is 272 g/mol. The van der Waals surface area contributed by atoms with Crippen molar-refractivity contribution < 1.29 is 4.79 Å². The fourth-order valence-corrected chi connectivity index (χ4v) is 4.04. The standard InChI is InChI=1S/C12H20N2OS2/c15-11(9-17-12-13-7-8-16-12)14-10-5-3-1-2-4-6-10/h10H,1-9H2,(H,14,15). The molecule has 2 rings (SSSR count). The summed E-state index contributed by atoms with van der Waals surface area (Å²) in [6.07, 6.45) is 7.50. The first-order chi connectivity index (χ1) is 8.34. The summed E-state index contributed by atoms with van der Waals surface area (Å²) in [6, 6.07) is 0.420. The van der Waals surface area contributed by atoms with Crippen LogP contribution in [0.4, 0.5) is 0 Å². The van der Waals surface area contributed by atoms with Gasteiger partial charge in [-0.3, -0.25) is 9.79 Å². The number of hydrogen-bond acceptors (Lipinski definition) is 4. The van der Waals surface area contributed by atoms with Gasteiger partial charge in [-0.05, 0) is 12.8 Å². The van der Waals surface area contributed by atoms with Crippen molar-refractivity contribution in [2.45, 2.75) is 44.6 Å². The van der Waals surface area contributed by atoms with E-state index in [2.05, 4.69) is 10.3 Å². The van der Waals surface area contributed by atoms with Gasteiger partial charge in [-0.2, -0.15) is 0 Å². The van der Waals surface area contributed by atoms with Crippen molar-refractivity contribution in [2.75, 3.05) is 18.1 Å². The molecule has 0 bridgehead atoms. The van der Waals surface area contributed by atoms with Crippen molar-refractivity contribution in [1.29, 1.82) is 0 Å². The largest absolute Gasteiger partial charge is 0.353 e. The molecule has 0 aromatic rings. The summed E-state index contributed by atoms with van der Waals surface area (Å²) in [4.78, 5) is 16.1. The number of rotatable bonds is 3. The molecule has 1 aliphatic carbocycles. The van der Waals surface area contributed by atoms with Crippen LogP contribution in [0.3, 0.4) is 0 Å². The zero-order valence-corrected chi connectivity index (χ0v) is 11.7. The van der Waals surface area contributed by atoms with Crippen LogP contribution in [0.25, 0.3) is 0 Å². The Bertz CT molecular complexity index is 286. The number of carbonyl (C=O) groups excluding carboxylic acids is 1. The SMILES string of the molecule is O=C(CSC1=NCCS1)NC1CCCCCC1. The Balaban J connectivity index is 1.65. The number of carbonyl (C=O) groups is 1. The fraction of sp³-hybridized carbons (Fsp3) is 0.833. The number of aliphatic imine (C=N–C) groups is 1. The highest BCUT2D eigenvalue weighted by molar-refractivity contribution is 8.39. The van der Waals surface area contributed by atoms with Gasteiger partial charge in [-0.1, -0.05) is 49.2 Å². The number of amides is 1. The average molecular weight is 272 g/mol. The van der Waals surface area contributed by atoms with Crippen LogP contribution in [0.2, 0.25) is 0 Å². The van der Waals surface area contributed by atoms with E-state index in [1.807, 2.05) is 0 Å². The Kier molecular flexibility index (Phi) is 5.71. The summed E-state index contributed by atoms with van der Waals surface area (Å²) < 4.78 is 1.08. The van der Waals surface area contributed by atoms with Gasteiger partial charge in [-0.25, -0.2) is 0 Å². The number of nitrogens with one attached hydrogen (secondary N) is 1. The summed E-state index contributed by atoms with van der Waals surface area (Å²) in [5.41, 5.74) is 0. The van der Waals surface area contributed by atoms with E-state index < -0.39 is 0 Å². The third kappa shape index (κ3) is 4.92. The molecule has 0 aromatic heterocycles. The van der Waals surface area contributed by atoms with E-state index in [-0.39, 0.29) is 5.91 Å². The lowest BCUT2D eigenvalue weighted by Gasteiger charge is -2.15. The van der Waals surface area contributed by atoms with Gasteiger partial charge in [0.15, 0.2) is 0 Å². The molecule has 3 nitrogen and oxygen atoms in total. The predicted octanol–water partition coefficient (Wildman–Crippen LogP) is 2.66. The highest BCUT2D eigenvalue weighted by Gasteiger charge is 2.16. The minimum atomic E-state index is 0.178. The van der Waals surface area contributed by atoms with Gasteiger partial charge in [0.25, 0.3) is 0 Å². The van der Waals surface area contributed by atoms with Crippen LogP contribution in [-0.4, -0.2) is 34.4 Å². The van der Waals surface area contributed by atoms with Gasteiger partial charge < -0.3 is 5.32 Å². The van der Waals surface area contributed by atoms with E-state index in [0.717, 1.165) is 29.5 Å². The highest BCUT2D eigenvalue weighted by Crippen LogP contribution is 2.22. The summed E-state index contributed by atoms with van der Waals surface area (Å²) in [7, 11) is 0. The van der Waals surface area contributed by atoms with Gasteiger partial charge >= 0.3 is 0 Å². The van der Waals surface area contributed by atoms with Crippen molar-refractivity contribution in [1.82, 2.24) is 5.32 Å². The summed E-state index contributed by atoms with van der Waals surface area (Å²) >= 11 is 3.35. The second-order valence-electron chi connectivity index (χ2n) is 4.54. The van der Waals surface area contributed by atoms with Crippen molar-refractivity contribution in [2.24, 2.45) is 4.99 Å². The third-order valence-corrected chi connectivity index (χ3v) is 5.36. The number of thioether (sulfide) groups is 2. The molecule has 0 unspecified atom stereocenters. The van der Waals surface area contributed by atoms with Crippen LogP contribution in [0.5, 0.6) is 0 Å².